The second-order valence-corrected chi connectivity index (χ2v) is 6.76. The van der Waals surface area contributed by atoms with Crippen LogP contribution < -0.4 is 0 Å². The van der Waals surface area contributed by atoms with E-state index in [0.717, 1.165) is 19.3 Å². The van der Waals surface area contributed by atoms with Crippen molar-refractivity contribution in [3.05, 3.63) is 12.2 Å². The first-order valence-corrected chi connectivity index (χ1v) is 10.2. The van der Waals surface area contributed by atoms with Gasteiger partial charge in [0.1, 0.15) is 0 Å². The van der Waals surface area contributed by atoms with Crippen LogP contribution in [0.25, 0.3) is 0 Å². The molecule has 0 spiro atoms. The molecule has 0 saturated heterocycles. The van der Waals surface area contributed by atoms with Crippen molar-refractivity contribution in [2.45, 2.75) is 91.4 Å². The van der Waals surface area contributed by atoms with Crippen molar-refractivity contribution in [3.63, 3.8) is 0 Å². The van der Waals surface area contributed by atoms with E-state index in [4.69, 9.17) is 0 Å². The fraction of sp³-hybridized carbons (Fsp3) is 0.810. The number of carbonyl (C=O) groups is 2. The number of carboxylic acid groups (broad SMARTS) is 1. The van der Waals surface area contributed by atoms with Crippen LogP contribution in [0.2, 0.25) is 0 Å². The Morgan fingerprint density at radius 1 is 0.880 bits per heavy atom. The Hall–Kier alpha value is -1.32. The average molecular weight is 354 g/mol. The highest BCUT2D eigenvalue weighted by atomic mass is 16.4. The highest BCUT2D eigenvalue weighted by molar-refractivity contribution is 5.82. The predicted octanol–water partition coefficient (Wildman–Crippen LogP) is 5.42. The number of aliphatic carboxylic acids is 1. The molecule has 1 unspecified atom stereocenters. The Bertz CT molecular complexity index is 375. The number of hydrogen-bond acceptors (Lipinski definition) is 2. The molecular weight excluding hydrogens is 314 g/mol. The van der Waals surface area contributed by atoms with Gasteiger partial charge in [-0.3, -0.25) is 9.59 Å². The number of carbonyl (C=O) groups excluding carboxylic acids is 1. The summed E-state index contributed by atoms with van der Waals surface area (Å²) in [5.74, 6) is -1.40. The Kier molecular flexibility index (Phi) is 15.3. The van der Waals surface area contributed by atoms with E-state index in [1.54, 1.807) is 4.90 Å². The van der Waals surface area contributed by atoms with Crippen LogP contribution in [0.4, 0.5) is 0 Å². The molecule has 0 aromatic rings. The normalized spacial score (nSPS) is 12.4. The monoisotopic (exact) mass is 353 g/mol. The summed E-state index contributed by atoms with van der Waals surface area (Å²) in [6.45, 7) is 7.34. The molecule has 1 N–H and O–H groups in total. The van der Waals surface area contributed by atoms with Crippen molar-refractivity contribution in [2.75, 3.05) is 13.1 Å². The van der Waals surface area contributed by atoms with Gasteiger partial charge in [-0.05, 0) is 39.5 Å². The molecule has 4 heteroatoms. The van der Waals surface area contributed by atoms with Crippen LogP contribution in [0.3, 0.4) is 0 Å². The van der Waals surface area contributed by atoms with Crippen LogP contribution >= 0.6 is 0 Å². The minimum absolute atomic E-state index is 0.0338. The van der Waals surface area contributed by atoms with Gasteiger partial charge in [0.15, 0.2) is 0 Å². The van der Waals surface area contributed by atoms with Crippen LogP contribution in [0, 0.1) is 5.92 Å². The fourth-order valence-electron chi connectivity index (χ4n) is 2.99. The molecule has 0 rings (SSSR count). The zero-order chi connectivity index (χ0) is 18.9. The van der Waals surface area contributed by atoms with Crippen molar-refractivity contribution in [2.24, 2.45) is 5.92 Å². The highest BCUT2D eigenvalue weighted by Crippen LogP contribution is 2.17. The van der Waals surface area contributed by atoms with Gasteiger partial charge < -0.3 is 10.0 Å². The maximum Gasteiger partial charge on any atom is 0.307 e. The fourth-order valence-corrected chi connectivity index (χ4v) is 2.99. The first-order chi connectivity index (χ1) is 12.1. The molecular formula is C21H39NO3. The Morgan fingerprint density at radius 2 is 1.44 bits per heavy atom. The van der Waals surface area contributed by atoms with Gasteiger partial charge in [0.25, 0.3) is 0 Å². The van der Waals surface area contributed by atoms with Crippen LogP contribution in [-0.4, -0.2) is 35.0 Å². The van der Waals surface area contributed by atoms with E-state index in [-0.39, 0.29) is 12.3 Å². The summed E-state index contributed by atoms with van der Waals surface area (Å²) in [5, 5.41) is 9.33. The Labute approximate surface area is 154 Å². The summed E-state index contributed by atoms with van der Waals surface area (Å²) in [5.41, 5.74) is 0. The third-order valence-electron chi connectivity index (χ3n) is 4.68. The SMILES string of the molecule is CCC/C=C/CCCCCCCCC(CC(=O)N(CC)CC)C(=O)O. The van der Waals surface area contributed by atoms with Gasteiger partial charge in [-0.2, -0.15) is 0 Å². The number of nitrogens with zero attached hydrogens (tertiary/aromatic N) is 1. The van der Waals surface area contributed by atoms with E-state index in [0.29, 0.717) is 19.5 Å². The van der Waals surface area contributed by atoms with E-state index in [1.807, 2.05) is 13.8 Å². The topological polar surface area (TPSA) is 57.6 Å². The summed E-state index contributed by atoms with van der Waals surface area (Å²) in [4.78, 5) is 25.2. The smallest absolute Gasteiger partial charge is 0.307 e. The Morgan fingerprint density at radius 3 is 2.00 bits per heavy atom. The van der Waals surface area contributed by atoms with Crippen molar-refractivity contribution in [3.8, 4) is 0 Å². The maximum absolute atomic E-state index is 12.1. The Balaban J connectivity index is 3.80. The minimum Gasteiger partial charge on any atom is -0.481 e. The molecule has 146 valence electrons. The van der Waals surface area contributed by atoms with Crippen LogP contribution in [0.5, 0.6) is 0 Å². The molecule has 0 aliphatic rings. The first kappa shape index (κ1) is 23.7. The molecule has 1 amide bonds. The van der Waals surface area contributed by atoms with E-state index >= 15 is 0 Å². The van der Waals surface area contributed by atoms with E-state index in [2.05, 4.69) is 19.1 Å². The first-order valence-electron chi connectivity index (χ1n) is 10.2. The molecule has 0 radical (unpaired) electrons. The number of allylic oxidation sites excluding steroid dienone is 2. The third-order valence-corrected chi connectivity index (χ3v) is 4.68. The van der Waals surface area contributed by atoms with Crippen LogP contribution in [0.15, 0.2) is 12.2 Å². The molecule has 25 heavy (non-hydrogen) atoms. The molecule has 0 aliphatic carbocycles. The van der Waals surface area contributed by atoms with Crippen molar-refractivity contribution < 1.29 is 14.7 Å². The molecule has 0 saturated carbocycles. The molecule has 1 atom stereocenters. The van der Waals surface area contributed by atoms with E-state index in [1.165, 1.54) is 38.5 Å². The van der Waals surface area contributed by atoms with Gasteiger partial charge in [0.2, 0.25) is 5.91 Å². The van der Waals surface area contributed by atoms with Gasteiger partial charge in [0.05, 0.1) is 5.92 Å². The minimum atomic E-state index is -0.834. The molecule has 4 nitrogen and oxygen atoms in total. The van der Waals surface area contributed by atoms with E-state index in [9.17, 15) is 14.7 Å². The van der Waals surface area contributed by atoms with Gasteiger partial charge in [-0.1, -0.05) is 57.6 Å². The molecule has 0 bridgehead atoms. The summed E-state index contributed by atoms with van der Waals surface area (Å²) in [6, 6.07) is 0. The predicted molar refractivity (Wildman–Crippen MR) is 105 cm³/mol. The number of carboxylic acids is 1. The lowest BCUT2D eigenvalue weighted by atomic mass is 9.96. The van der Waals surface area contributed by atoms with Gasteiger partial charge in [0, 0.05) is 19.5 Å². The molecule has 0 aliphatic heterocycles. The maximum atomic E-state index is 12.1. The van der Waals surface area contributed by atoms with Crippen LogP contribution in [0.1, 0.15) is 91.4 Å². The van der Waals surface area contributed by atoms with Gasteiger partial charge >= 0.3 is 5.97 Å². The average Bonchev–Trinajstić information content (AvgIpc) is 2.59. The second-order valence-electron chi connectivity index (χ2n) is 6.76. The lowest BCUT2D eigenvalue weighted by Crippen LogP contribution is -2.33. The summed E-state index contributed by atoms with van der Waals surface area (Å²) >= 11 is 0. The highest BCUT2D eigenvalue weighted by Gasteiger charge is 2.22. The summed E-state index contributed by atoms with van der Waals surface area (Å²) in [6.07, 6.45) is 15.7. The molecule has 0 aromatic carbocycles. The summed E-state index contributed by atoms with van der Waals surface area (Å²) in [7, 11) is 0. The van der Waals surface area contributed by atoms with Crippen molar-refractivity contribution in [1.82, 2.24) is 4.90 Å². The van der Waals surface area contributed by atoms with Gasteiger partial charge in [-0.25, -0.2) is 0 Å². The standard InChI is InChI=1S/C21H39NO3/c1-4-7-8-9-10-11-12-13-14-15-16-17-19(21(24)25)18-20(23)22(5-2)6-3/h8-9,19H,4-7,10-18H2,1-3H3,(H,24,25)/b9-8+. The molecule has 0 fully saturated rings. The number of unbranched alkanes of at least 4 members (excludes halogenated alkanes) is 7. The second kappa shape index (κ2) is 16.2. The third kappa shape index (κ3) is 12.7. The lowest BCUT2D eigenvalue weighted by molar-refractivity contribution is -0.146. The molecule has 0 aromatic heterocycles. The van der Waals surface area contributed by atoms with Crippen LogP contribution in [-0.2, 0) is 9.59 Å². The quantitative estimate of drug-likeness (QED) is 0.297. The summed E-state index contributed by atoms with van der Waals surface area (Å²) < 4.78 is 0. The van der Waals surface area contributed by atoms with Gasteiger partial charge in [-0.15, -0.1) is 0 Å². The van der Waals surface area contributed by atoms with Crippen molar-refractivity contribution >= 4 is 11.9 Å². The van der Waals surface area contributed by atoms with Crippen molar-refractivity contribution in [1.29, 1.82) is 0 Å². The number of rotatable bonds is 16. The largest absolute Gasteiger partial charge is 0.481 e. The number of hydrogen-bond donors (Lipinski definition) is 1. The molecule has 0 heterocycles. The lowest BCUT2D eigenvalue weighted by Gasteiger charge is -2.21. The number of amides is 1. The zero-order valence-electron chi connectivity index (χ0n) is 16.6. The van der Waals surface area contributed by atoms with E-state index < -0.39 is 11.9 Å². The zero-order valence-corrected chi connectivity index (χ0v) is 16.6.